The SMILES string of the molecule is CC(N[C@@H](C)c1ccccn1)c1ccc2c(c1)OCO2. The first-order chi connectivity index (χ1) is 9.74. The topological polar surface area (TPSA) is 43.4 Å². The molecule has 0 bridgehead atoms. The molecule has 1 aliphatic heterocycles. The predicted molar refractivity (Wildman–Crippen MR) is 76.8 cm³/mol. The van der Waals surface area contributed by atoms with Crippen LogP contribution in [0.25, 0.3) is 0 Å². The molecule has 104 valence electrons. The quantitative estimate of drug-likeness (QED) is 0.926. The van der Waals surface area contributed by atoms with Gasteiger partial charge in [0.25, 0.3) is 0 Å². The summed E-state index contributed by atoms with van der Waals surface area (Å²) >= 11 is 0. The molecule has 3 rings (SSSR count). The Morgan fingerprint density at radius 3 is 2.70 bits per heavy atom. The van der Waals surface area contributed by atoms with Gasteiger partial charge in [0.15, 0.2) is 11.5 Å². The van der Waals surface area contributed by atoms with Gasteiger partial charge in [0.05, 0.1) is 5.69 Å². The largest absolute Gasteiger partial charge is 0.454 e. The second-order valence-electron chi connectivity index (χ2n) is 4.98. The van der Waals surface area contributed by atoms with Crippen molar-refractivity contribution < 1.29 is 9.47 Å². The lowest BCUT2D eigenvalue weighted by Gasteiger charge is -2.20. The van der Waals surface area contributed by atoms with E-state index in [0.717, 1.165) is 17.2 Å². The van der Waals surface area contributed by atoms with Crippen molar-refractivity contribution in [2.75, 3.05) is 6.79 Å². The molecule has 0 radical (unpaired) electrons. The summed E-state index contributed by atoms with van der Waals surface area (Å²) in [6, 6.07) is 12.4. The zero-order chi connectivity index (χ0) is 13.9. The van der Waals surface area contributed by atoms with Crippen LogP contribution in [0.1, 0.15) is 37.2 Å². The van der Waals surface area contributed by atoms with Crippen molar-refractivity contribution in [1.29, 1.82) is 0 Å². The van der Waals surface area contributed by atoms with Gasteiger partial charge in [-0.25, -0.2) is 0 Å². The predicted octanol–water partition coefficient (Wildman–Crippen LogP) is 3.22. The van der Waals surface area contributed by atoms with Gasteiger partial charge in [-0.15, -0.1) is 0 Å². The number of rotatable bonds is 4. The summed E-state index contributed by atoms with van der Waals surface area (Å²) in [5.41, 5.74) is 2.22. The molecular weight excluding hydrogens is 252 g/mol. The van der Waals surface area contributed by atoms with E-state index in [0.29, 0.717) is 6.79 Å². The van der Waals surface area contributed by atoms with Gasteiger partial charge in [-0.3, -0.25) is 4.98 Å². The Balaban J connectivity index is 1.71. The van der Waals surface area contributed by atoms with E-state index in [9.17, 15) is 0 Å². The van der Waals surface area contributed by atoms with Crippen LogP contribution >= 0.6 is 0 Å². The van der Waals surface area contributed by atoms with E-state index < -0.39 is 0 Å². The summed E-state index contributed by atoms with van der Waals surface area (Å²) in [7, 11) is 0. The van der Waals surface area contributed by atoms with E-state index in [2.05, 4.69) is 30.2 Å². The fourth-order valence-corrected chi connectivity index (χ4v) is 2.37. The molecule has 0 spiro atoms. The molecule has 2 atom stereocenters. The van der Waals surface area contributed by atoms with Crippen molar-refractivity contribution in [2.24, 2.45) is 0 Å². The van der Waals surface area contributed by atoms with Gasteiger partial charge < -0.3 is 14.8 Å². The van der Waals surface area contributed by atoms with Crippen molar-refractivity contribution in [2.45, 2.75) is 25.9 Å². The summed E-state index contributed by atoms with van der Waals surface area (Å²) in [5.74, 6) is 1.64. The molecule has 1 N–H and O–H groups in total. The van der Waals surface area contributed by atoms with Gasteiger partial charge in [0.1, 0.15) is 0 Å². The summed E-state index contributed by atoms with van der Waals surface area (Å²) < 4.78 is 10.7. The van der Waals surface area contributed by atoms with Crippen LogP contribution < -0.4 is 14.8 Å². The average molecular weight is 270 g/mol. The summed E-state index contributed by atoms with van der Waals surface area (Å²) in [6.07, 6.45) is 1.82. The number of hydrogen-bond donors (Lipinski definition) is 1. The van der Waals surface area contributed by atoms with E-state index in [-0.39, 0.29) is 12.1 Å². The maximum absolute atomic E-state index is 5.42. The number of nitrogens with zero attached hydrogens (tertiary/aromatic N) is 1. The summed E-state index contributed by atoms with van der Waals surface area (Å²) in [6.45, 7) is 4.56. The summed E-state index contributed by atoms with van der Waals surface area (Å²) in [5, 5.41) is 3.54. The molecule has 1 aromatic carbocycles. The van der Waals surface area contributed by atoms with Crippen LogP contribution in [0.3, 0.4) is 0 Å². The highest BCUT2D eigenvalue weighted by Gasteiger charge is 2.17. The Labute approximate surface area is 118 Å². The zero-order valence-corrected chi connectivity index (χ0v) is 11.7. The van der Waals surface area contributed by atoms with E-state index in [4.69, 9.17) is 9.47 Å². The summed E-state index contributed by atoms with van der Waals surface area (Å²) in [4.78, 5) is 4.38. The minimum absolute atomic E-state index is 0.191. The Bertz CT molecular complexity index is 586. The lowest BCUT2D eigenvalue weighted by molar-refractivity contribution is 0.174. The lowest BCUT2D eigenvalue weighted by Crippen LogP contribution is -2.23. The van der Waals surface area contributed by atoms with Crippen LogP contribution in [-0.2, 0) is 0 Å². The molecule has 2 heterocycles. The van der Waals surface area contributed by atoms with Crippen LogP contribution in [0.4, 0.5) is 0 Å². The van der Waals surface area contributed by atoms with E-state index in [1.54, 1.807) is 0 Å². The fourth-order valence-electron chi connectivity index (χ4n) is 2.37. The molecule has 4 nitrogen and oxygen atoms in total. The van der Waals surface area contributed by atoms with Gasteiger partial charge >= 0.3 is 0 Å². The van der Waals surface area contributed by atoms with Crippen molar-refractivity contribution in [3.8, 4) is 11.5 Å². The molecule has 20 heavy (non-hydrogen) atoms. The molecule has 1 unspecified atom stereocenters. The molecule has 0 fully saturated rings. The van der Waals surface area contributed by atoms with Gasteiger partial charge in [0.2, 0.25) is 6.79 Å². The number of aromatic nitrogens is 1. The highest BCUT2D eigenvalue weighted by molar-refractivity contribution is 5.45. The van der Waals surface area contributed by atoms with Gasteiger partial charge in [-0.2, -0.15) is 0 Å². The highest BCUT2D eigenvalue weighted by Crippen LogP contribution is 2.34. The first kappa shape index (κ1) is 12.9. The third kappa shape index (κ3) is 2.60. The first-order valence-corrected chi connectivity index (χ1v) is 6.80. The zero-order valence-electron chi connectivity index (χ0n) is 11.7. The van der Waals surface area contributed by atoms with Crippen LogP contribution in [0.2, 0.25) is 0 Å². The van der Waals surface area contributed by atoms with E-state index in [1.807, 2.05) is 36.5 Å². The van der Waals surface area contributed by atoms with Gasteiger partial charge in [-0.1, -0.05) is 12.1 Å². The van der Waals surface area contributed by atoms with Gasteiger partial charge in [0, 0.05) is 18.3 Å². The molecule has 2 aromatic rings. The minimum Gasteiger partial charge on any atom is -0.454 e. The number of pyridine rings is 1. The van der Waals surface area contributed by atoms with Crippen molar-refractivity contribution in [3.05, 3.63) is 53.9 Å². The second kappa shape index (κ2) is 5.51. The second-order valence-corrected chi connectivity index (χ2v) is 4.98. The molecule has 0 amide bonds. The highest BCUT2D eigenvalue weighted by atomic mass is 16.7. The molecule has 0 saturated carbocycles. The maximum atomic E-state index is 5.42. The molecule has 1 aliphatic rings. The number of hydrogen-bond acceptors (Lipinski definition) is 4. The third-order valence-electron chi connectivity index (χ3n) is 3.53. The molecule has 0 aliphatic carbocycles. The minimum atomic E-state index is 0.191. The van der Waals surface area contributed by atoms with E-state index >= 15 is 0 Å². The molecular formula is C16H18N2O2. The number of nitrogens with one attached hydrogen (secondary N) is 1. The lowest BCUT2D eigenvalue weighted by atomic mass is 10.1. The standard InChI is InChI=1S/C16H18N2O2/c1-11(18-12(2)14-5-3-4-8-17-14)13-6-7-15-16(9-13)20-10-19-15/h3-9,11-12,18H,10H2,1-2H3/t11?,12-/m0/s1. The normalized spacial score (nSPS) is 15.9. The smallest absolute Gasteiger partial charge is 0.231 e. The van der Waals surface area contributed by atoms with Crippen molar-refractivity contribution in [1.82, 2.24) is 10.3 Å². The van der Waals surface area contributed by atoms with Crippen LogP contribution in [0.15, 0.2) is 42.6 Å². The Kier molecular flexibility index (Phi) is 3.56. The monoisotopic (exact) mass is 270 g/mol. The maximum Gasteiger partial charge on any atom is 0.231 e. The van der Waals surface area contributed by atoms with Gasteiger partial charge in [-0.05, 0) is 43.7 Å². The first-order valence-electron chi connectivity index (χ1n) is 6.80. The number of benzene rings is 1. The van der Waals surface area contributed by atoms with Crippen molar-refractivity contribution in [3.63, 3.8) is 0 Å². The number of ether oxygens (including phenoxy) is 2. The number of fused-ring (bicyclic) bond motifs is 1. The van der Waals surface area contributed by atoms with Crippen LogP contribution in [0, 0.1) is 0 Å². The molecule has 0 saturated heterocycles. The third-order valence-corrected chi connectivity index (χ3v) is 3.53. The molecule has 4 heteroatoms. The Morgan fingerprint density at radius 1 is 1.05 bits per heavy atom. The molecule has 1 aromatic heterocycles. The average Bonchev–Trinajstić information content (AvgIpc) is 2.95. The van der Waals surface area contributed by atoms with E-state index in [1.165, 1.54) is 5.56 Å². The van der Waals surface area contributed by atoms with Crippen LogP contribution in [-0.4, -0.2) is 11.8 Å². The van der Waals surface area contributed by atoms with Crippen LogP contribution in [0.5, 0.6) is 11.5 Å². The Morgan fingerprint density at radius 2 is 1.90 bits per heavy atom. The fraction of sp³-hybridized carbons (Fsp3) is 0.312. The van der Waals surface area contributed by atoms with Crippen molar-refractivity contribution >= 4 is 0 Å². The Hall–Kier alpha value is -2.07.